The molecule has 0 unspecified atom stereocenters. The van der Waals surface area contributed by atoms with Crippen LogP contribution in [0.1, 0.15) is 23.6 Å². The molecule has 0 fully saturated rings. The van der Waals surface area contributed by atoms with E-state index in [1.54, 1.807) is 6.07 Å². The van der Waals surface area contributed by atoms with Crippen molar-refractivity contribution >= 4 is 17.7 Å². The molecule has 0 aliphatic rings. The van der Waals surface area contributed by atoms with E-state index in [1.165, 1.54) is 30.0 Å². The third-order valence-corrected chi connectivity index (χ3v) is 6.36. The summed E-state index contributed by atoms with van der Waals surface area (Å²) in [5.74, 6) is -1.95. The van der Waals surface area contributed by atoms with Gasteiger partial charge >= 0.3 is 0 Å². The summed E-state index contributed by atoms with van der Waals surface area (Å²) in [4.78, 5) is 16.6. The van der Waals surface area contributed by atoms with Crippen molar-refractivity contribution in [3.8, 4) is 5.75 Å². The van der Waals surface area contributed by atoms with E-state index in [-0.39, 0.29) is 24.5 Å². The topological polar surface area (TPSA) is 94.5 Å². The molecule has 0 spiro atoms. The Hall–Kier alpha value is -3.01. The van der Waals surface area contributed by atoms with Crippen molar-refractivity contribution in [2.75, 3.05) is 12.3 Å². The van der Waals surface area contributed by atoms with Crippen molar-refractivity contribution in [2.45, 2.75) is 43.5 Å². The zero-order valence-electron chi connectivity index (χ0n) is 19.4. The molecule has 35 heavy (non-hydrogen) atoms. The van der Waals surface area contributed by atoms with Gasteiger partial charge in [0.2, 0.25) is 5.91 Å². The fraction of sp³-hybridized carbons (Fsp3) is 0.308. The molecule has 1 aromatic heterocycles. The van der Waals surface area contributed by atoms with Gasteiger partial charge in [0.1, 0.15) is 22.4 Å². The van der Waals surface area contributed by atoms with Crippen LogP contribution in [-0.2, 0) is 24.2 Å². The summed E-state index contributed by atoms with van der Waals surface area (Å²) in [7, 11) is 0. The molecule has 3 aromatic rings. The molecule has 0 aliphatic heterocycles. The van der Waals surface area contributed by atoms with Crippen molar-refractivity contribution < 1.29 is 23.8 Å². The zero-order valence-corrected chi connectivity index (χ0v) is 20.2. The largest absolute Gasteiger partial charge is 0.505 e. The summed E-state index contributed by atoms with van der Waals surface area (Å²) in [5.41, 5.74) is 2.59. The van der Waals surface area contributed by atoms with Gasteiger partial charge in [-0.3, -0.25) is 4.79 Å². The first-order valence-corrected chi connectivity index (χ1v) is 12.3. The number of aliphatic hydroxyl groups is 1. The fourth-order valence-corrected chi connectivity index (χ4v) is 4.31. The molecule has 0 radical (unpaired) electrons. The first kappa shape index (κ1) is 26.6. The molecule has 2 aromatic carbocycles. The number of nitrogens with one attached hydrogen (secondary N) is 2. The van der Waals surface area contributed by atoms with Crippen LogP contribution in [0.3, 0.4) is 0 Å². The summed E-state index contributed by atoms with van der Waals surface area (Å²) in [5, 5.41) is 26.9. The Balaban J connectivity index is 1.63. The number of hydrogen-bond acceptors (Lipinski definition) is 6. The molecule has 186 valence electrons. The molecular formula is C26H29F2N3O3S. The lowest BCUT2D eigenvalue weighted by Crippen LogP contribution is -2.49. The van der Waals surface area contributed by atoms with Crippen LogP contribution in [-0.4, -0.2) is 45.5 Å². The van der Waals surface area contributed by atoms with Crippen molar-refractivity contribution in [2.24, 2.45) is 0 Å². The van der Waals surface area contributed by atoms with Crippen LogP contribution in [0.25, 0.3) is 0 Å². The highest BCUT2D eigenvalue weighted by Gasteiger charge is 2.23. The van der Waals surface area contributed by atoms with Gasteiger partial charge in [-0.25, -0.2) is 13.8 Å². The van der Waals surface area contributed by atoms with Crippen LogP contribution in [0.2, 0.25) is 0 Å². The minimum atomic E-state index is -1.02. The highest BCUT2D eigenvalue weighted by molar-refractivity contribution is 8.00. The molecule has 0 bridgehead atoms. The number of carbonyl (C=O) groups excluding carboxylic acids is 1. The van der Waals surface area contributed by atoms with E-state index in [0.717, 1.165) is 29.8 Å². The number of amides is 1. The second-order valence-corrected chi connectivity index (χ2v) is 9.11. The number of hydrogen-bond donors (Lipinski definition) is 4. The Kier molecular flexibility index (Phi) is 10.0. The van der Waals surface area contributed by atoms with E-state index in [0.29, 0.717) is 17.1 Å². The first-order valence-electron chi connectivity index (χ1n) is 11.3. The molecule has 4 N–H and O–H groups in total. The van der Waals surface area contributed by atoms with Crippen LogP contribution in [0.4, 0.5) is 8.78 Å². The number of nitrogens with zero attached hydrogens (tertiary/aromatic N) is 1. The number of aliphatic hydroxyl groups excluding tert-OH is 1. The van der Waals surface area contributed by atoms with Crippen molar-refractivity contribution in [1.29, 1.82) is 0 Å². The predicted octanol–water partition coefficient (Wildman–Crippen LogP) is 3.60. The average Bonchev–Trinajstić information content (AvgIpc) is 2.82. The molecule has 6 nitrogen and oxygen atoms in total. The second-order valence-electron chi connectivity index (χ2n) is 8.14. The van der Waals surface area contributed by atoms with Gasteiger partial charge < -0.3 is 20.8 Å². The molecule has 2 atom stereocenters. The maximum absolute atomic E-state index is 13.7. The third-order valence-electron chi connectivity index (χ3n) is 5.36. The summed E-state index contributed by atoms with van der Waals surface area (Å²) in [6.07, 6.45) is 1.44. The Labute approximate surface area is 207 Å². The number of benzene rings is 2. The van der Waals surface area contributed by atoms with E-state index in [9.17, 15) is 23.8 Å². The summed E-state index contributed by atoms with van der Waals surface area (Å²) >= 11 is 1.05. The Morgan fingerprint density at radius 3 is 2.51 bits per heavy atom. The number of pyridine rings is 1. The van der Waals surface area contributed by atoms with Gasteiger partial charge in [-0.2, -0.15) is 0 Å². The number of aryl methyl sites for hydroxylation is 1. The maximum Gasteiger partial charge on any atom is 0.230 e. The molecule has 9 heteroatoms. The van der Waals surface area contributed by atoms with Gasteiger partial charge in [0, 0.05) is 25.4 Å². The Morgan fingerprint density at radius 2 is 1.80 bits per heavy atom. The quantitative estimate of drug-likeness (QED) is 0.284. The minimum Gasteiger partial charge on any atom is -0.505 e. The molecular weight excluding hydrogens is 472 g/mol. The van der Waals surface area contributed by atoms with Gasteiger partial charge in [-0.1, -0.05) is 43.0 Å². The lowest BCUT2D eigenvalue weighted by molar-refractivity contribution is -0.120. The molecule has 0 saturated heterocycles. The summed E-state index contributed by atoms with van der Waals surface area (Å²) in [6, 6.07) is 13.5. The van der Waals surface area contributed by atoms with Crippen LogP contribution >= 0.6 is 11.8 Å². The number of thioether (sulfide) groups is 1. The van der Waals surface area contributed by atoms with E-state index >= 15 is 0 Å². The molecule has 0 saturated carbocycles. The van der Waals surface area contributed by atoms with Crippen LogP contribution in [0.15, 0.2) is 65.8 Å². The SMILES string of the molecule is CCc1cccc(CNC[C@@H](O)[C@H](Cc2cc(F)cc(F)c2)NC(=O)CSc2ncccc2O)c1. The van der Waals surface area contributed by atoms with Crippen molar-refractivity contribution in [1.82, 2.24) is 15.6 Å². The number of aromatic hydroxyl groups is 1. The predicted molar refractivity (Wildman–Crippen MR) is 132 cm³/mol. The summed E-state index contributed by atoms with van der Waals surface area (Å²) < 4.78 is 27.4. The van der Waals surface area contributed by atoms with Crippen LogP contribution in [0.5, 0.6) is 5.75 Å². The number of carbonyl (C=O) groups is 1. The van der Waals surface area contributed by atoms with Crippen molar-refractivity contribution in [3.63, 3.8) is 0 Å². The Morgan fingerprint density at radius 1 is 1.06 bits per heavy atom. The van der Waals surface area contributed by atoms with Gasteiger partial charge in [-0.15, -0.1) is 0 Å². The standard InChI is InChI=1S/C26H29F2N3O3S/c1-2-17-5-3-6-18(9-17)14-29-15-24(33)22(12-19-10-20(27)13-21(28)11-19)31-25(34)16-35-26-23(32)7-4-8-30-26/h3-11,13,22,24,29,32-33H,2,12,14-16H2,1H3,(H,31,34)/t22-,24+/m0/s1. The highest BCUT2D eigenvalue weighted by atomic mass is 32.2. The van der Waals surface area contributed by atoms with Crippen LogP contribution < -0.4 is 10.6 Å². The lowest BCUT2D eigenvalue weighted by Gasteiger charge is -2.25. The van der Waals surface area contributed by atoms with Gasteiger partial charge in [0.15, 0.2) is 0 Å². The second kappa shape index (κ2) is 13.2. The van der Waals surface area contributed by atoms with E-state index in [1.807, 2.05) is 18.2 Å². The lowest BCUT2D eigenvalue weighted by atomic mass is 10.0. The smallest absolute Gasteiger partial charge is 0.230 e. The third kappa shape index (κ3) is 8.61. The van der Waals surface area contributed by atoms with E-state index < -0.39 is 29.7 Å². The zero-order chi connectivity index (χ0) is 25.2. The van der Waals surface area contributed by atoms with Gasteiger partial charge in [0.25, 0.3) is 0 Å². The number of aromatic nitrogens is 1. The summed E-state index contributed by atoms with van der Waals surface area (Å²) in [6.45, 7) is 2.76. The first-order chi connectivity index (χ1) is 16.8. The van der Waals surface area contributed by atoms with Gasteiger partial charge in [-0.05, 0) is 53.8 Å². The normalized spacial score (nSPS) is 12.8. The monoisotopic (exact) mass is 501 g/mol. The highest BCUT2D eigenvalue weighted by Crippen LogP contribution is 2.24. The van der Waals surface area contributed by atoms with E-state index in [2.05, 4.69) is 28.6 Å². The van der Waals surface area contributed by atoms with Gasteiger partial charge in [0.05, 0.1) is 17.9 Å². The number of rotatable bonds is 12. The van der Waals surface area contributed by atoms with E-state index in [4.69, 9.17) is 0 Å². The number of halogens is 2. The Bertz CT molecular complexity index is 1110. The molecule has 1 heterocycles. The molecule has 3 rings (SSSR count). The molecule has 0 aliphatic carbocycles. The van der Waals surface area contributed by atoms with Crippen molar-refractivity contribution in [3.05, 3.63) is 89.1 Å². The fourth-order valence-electron chi connectivity index (χ4n) is 3.61. The average molecular weight is 502 g/mol. The molecule has 1 amide bonds. The minimum absolute atomic E-state index is 0.0338. The maximum atomic E-state index is 13.7. The van der Waals surface area contributed by atoms with Crippen LogP contribution in [0, 0.1) is 11.6 Å².